The summed E-state index contributed by atoms with van der Waals surface area (Å²) in [5.41, 5.74) is 3.29. The van der Waals surface area contributed by atoms with Gasteiger partial charge in [-0.05, 0) is 35.7 Å². The van der Waals surface area contributed by atoms with Crippen molar-refractivity contribution in [2.45, 2.75) is 32.8 Å². The second-order valence-corrected chi connectivity index (χ2v) is 5.10. The minimum Gasteiger partial charge on any atom is -0.508 e. The number of hydrogen-bond acceptors (Lipinski definition) is 3. The Bertz CT molecular complexity index is 585. The molecule has 21 heavy (non-hydrogen) atoms. The van der Waals surface area contributed by atoms with Crippen LogP contribution >= 0.6 is 0 Å². The summed E-state index contributed by atoms with van der Waals surface area (Å²) in [6, 6.07) is 15.3. The topological polar surface area (TPSA) is 46.5 Å². The summed E-state index contributed by atoms with van der Waals surface area (Å²) in [4.78, 5) is 11.2. The molecule has 1 N–H and O–H groups in total. The third-order valence-corrected chi connectivity index (χ3v) is 3.30. The van der Waals surface area contributed by atoms with E-state index in [0.717, 1.165) is 16.7 Å². The van der Waals surface area contributed by atoms with Crippen LogP contribution in [0.15, 0.2) is 48.5 Å². The summed E-state index contributed by atoms with van der Waals surface area (Å²) >= 11 is 0. The van der Waals surface area contributed by atoms with E-state index in [1.54, 1.807) is 19.1 Å². The van der Waals surface area contributed by atoms with Crippen molar-refractivity contribution in [1.82, 2.24) is 0 Å². The fraction of sp³-hybridized carbons (Fsp3) is 0.278. The zero-order chi connectivity index (χ0) is 15.2. The van der Waals surface area contributed by atoms with Gasteiger partial charge in [0, 0.05) is 12.8 Å². The molecule has 2 rings (SSSR count). The molecule has 0 radical (unpaired) electrons. The molecule has 0 spiro atoms. The van der Waals surface area contributed by atoms with Crippen LogP contribution in [0.4, 0.5) is 0 Å². The minimum absolute atomic E-state index is 0.114. The normalized spacial score (nSPS) is 11.9. The molecular weight excluding hydrogens is 264 g/mol. The van der Waals surface area contributed by atoms with E-state index in [1.165, 1.54) is 0 Å². The van der Waals surface area contributed by atoms with E-state index in [0.29, 0.717) is 12.8 Å². The zero-order valence-electron chi connectivity index (χ0n) is 12.4. The first-order chi connectivity index (χ1) is 10.1. The van der Waals surface area contributed by atoms with Gasteiger partial charge in [-0.3, -0.25) is 4.79 Å². The number of rotatable bonds is 5. The van der Waals surface area contributed by atoms with Gasteiger partial charge in [-0.1, -0.05) is 43.3 Å². The first-order valence-corrected chi connectivity index (χ1v) is 7.16. The molecule has 1 atom stereocenters. The molecule has 0 bridgehead atoms. The van der Waals surface area contributed by atoms with Crippen molar-refractivity contribution >= 4 is 5.97 Å². The molecule has 2 aromatic carbocycles. The Hall–Kier alpha value is -2.29. The summed E-state index contributed by atoms with van der Waals surface area (Å²) in [7, 11) is 0. The predicted octanol–water partition coefficient (Wildman–Crippen LogP) is 3.94. The second-order valence-electron chi connectivity index (χ2n) is 5.10. The zero-order valence-corrected chi connectivity index (χ0v) is 12.4. The fourth-order valence-electron chi connectivity index (χ4n) is 2.17. The SMILES string of the molecule is CCC(=O)OC(C)Cc1ccc(-c2ccc(O)cc2)cc1. The van der Waals surface area contributed by atoms with Crippen LogP contribution in [0.1, 0.15) is 25.8 Å². The molecule has 110 valence electrons. The predicted molar refractivity (Wildman–Crippen MR) is 83.1 cm³/mol. The summed E-state index contributed by atoms with van der Waals surface area (Å²) in [5, 5.41) is 9.30. The van der Waals surface area contributed by atoms with Crippen molar-refractivity contribution in [2.75, 3.05) is 0 Å². The van der Waals surface area contributed by atoms with Crippen LogP contribution in [-0.4, -0.2) is 17.2 Å². The Balaban J connectivity index is 2.02. The Morgan fingerprint density at radius 3 is 2.10 bits per heavy atom. The first kappa shape index (κ1) is 15.1. The standard InChI is InChI=1S/C18H20O3/c1-3-18(20)21-13(2)12-14-4-6-15(7-5-14)16-8-10-17(19)11-9-16/h4-11,13,19H,3,12H2,1-2H3. The molecule has 1 unspecified atom stereocenters. The average Bonchev–Trinajstić information content (AvgIpc) is 2.48. The second kappa shape index (κ2) is 6.93. The summed E-state index contributed by atoms with van der Waals surface area (Å²) in [6.45, 7) is 3.70. The molecule has 2 aromatic rings. The van der Waals surface area contributed by atoms with E-state index < -0.39 is 0 Å². The van der Waals surface area contributed by atoms with E-state index in [9.17, 15) is 9.90 Å². The third-order valence-electron chi connectivity index (χ3n) is 3.30. The third kappa shape index (κ3) is 4.35. The average molecular weight is 284 g/mol. The van der Waals surface area contributed by atoms with E-state index in [2.05, 4.69) is 0 Å². The number of carbonyl (C=O) groups is 1. The van der Waals surface area contributed by atoms with Crippen molar-refractivity contribution < 1.29 is 14.6 Å². The van der Waals surface area contributed by atoms with Crippen LogP contribution in [0.25, 0.3) is 11.1 Å². The first-order valence-electron chi connectivity index (χ1n) is 7.16. The van der Waals surface area contributed by atoms with Gasteiger partial charge in [0.05, 0.1) is 0 Å². The summed E-state index contributed by atoms with van der Waals surface area (Å²) in [6.07, 6.45) is 1.00. The van der Waals surface area contributed by atoms with Crippen molar-refractivity contribution in [3.63, 3.8) is 0 Å². The van der Waals surface area contributed by atoms with Crippen LogP contribution in [0.3, 0.4) is 0 Å². The van der Waals surface area contributed by atoms with Crippen molar-refractivity contribution in [3.05, 3.63) is 54.1 Å². The molecule has 0 aromatic heterocycles. The number of ether oxygens (including phenoxy) is 1. The monoisotopic (exact) mass is 284 g/mol. The van der Waals surface area contributed by atoms with Crippen molar-refractivity contribution in [3.8, 4) is 16.9 Å². The maximum atomic E-state index is 11.2. The van der Waals surface area contributed by atoms with Crippen molar-refractivity contribution in [1.29, 1.82) is 0 Å². The minimum atomic E-state index is -0.164. The maximum Gasteiger partial charge on any atom is 0.305 e. The van der Waals surface area contributed by atoms with E-state index in [1.807, 2.05) is 43.3 Å². The van der Waals surface area contributed by atoms with Gasteiger partial charge in [0.25, 0.3) is 0 Å². The fourth-order valence-corrected chi connectivity index (χ4v) is 2.17. The van der Waals surface area contributed by atoms with Crippen LogP contribution in [-0.2, 0) is 16.0 Å². The van der Waals surface area contributed by atoms with E-state index >= 15 is 0 Å². The highest BCUT2D eigenvalue weighted by Gasteiger charge is 2.08. The van der Waals surface area contributed by atoms with Gasteiger partial charge in [-0.15, -0.1) is 0 Å². The van der Waals surface area contributed by atoms with Gasteiger partial charge in [0.1, 0.15) is 11.9 Å². The lowest BCUT2D eigenvalue weighted by Gasteiger charge is -2.13. The molecule has 0 fully saturated rings. The summed E-state index contributed by atoms with van der Waals surface area (Å²) in [5.74, 6) is 0.102. The van der Waals surface area contributed by atoms with Gasteiger partial charge < -0.3 is 9.84 Å². The molecule has 0 aliphatic rings. The quantitative estimate of drug-likeness (QED) is 0.846. The van der Waals surface area contributed by atoms with Gasteiger partial charge in [0.2, 0.25) is 0 Å². The highest BCUT2D eigenvalue weighted by Crippen LogP contribution is 2.22. The molecule has 3 nitrogen and oxygen atoms in total. The van der Waals surface area contributed by atoms with Gasteiger partial charge in [-0.25, -0.2) is 0 Å². The Morgan fingerprint density at radius 1 is 1.05 bits per heavy atom. The number of phenolic OH excluding ortho intramolecular Hbond substituents is 1. The molecule has 0 aliphatic carbocycles. The largest absolute Gasteiger partial charge is 0.508 e. The molecule has 0 saturated heterocycles. The number of benzene rings is 2. The maximum absolute atomic E-state index is 11.2. The Kier molecular flexibility index (Phi) is 4.99. The Morgan fingerprint density at radius 2 is 1.57 bits per heavy atom. The molecular formula is C18H20O3. The lowest BCUT2D eigenvalue weighted by atomic mass is 10.0. The van der Waals surface area contributed by atoms with Crippen LogP contribution < -0.4 is 0 Å². The smallest absolute Gasteiger partial charge is 0.305 e. The highest BCUT2D eigenvalue weighted by molar-refractivity contribution is 5.69. The molecule has 0 amide bonds. The Labute approximate surface area is 125 Å². The van der Waals surface area contributed by atoms with Gasteiger partial charge >= 0.3 is 5.97 Å². The number of hydrogen-bond donors (Lipinski definition) is 1. The number of esters is 1. The lowest BCUT2D eigenvalue weighted by molar-refractivity contribution is -0.147. The van der Waals surface area contributed by atoms with Crippen molar-refractivity contribution in [2.24, 2.45) is 0 Å². The number of phenols is 1. The summed E-state index contributed by atoms with van der Waals surface area (Å²) < 4.78 is 5.26. The molecule has 3 heteroatoms. The lowest BCUT2D eigenvalue weighted by Crippen LogP contribution is -2.16. The van der Waals surface area contributed by atoms with Gasteiger partial charge in [-0.2, -0.15) is 0 Å². The number of carbonyl (C=O) groups excluding carboxylic acids is 1. The van der Waals surface area contributed by atoms with Crippen LogP contribution in [0, 0.1) is 0 Å². The number of aromatic hydroxyl groups is 1. The molecule has 0 heterocycles. The van der Waals surface area contributed by atoms with E-state index in [4.69, 9.17) is 4.74 Å². The molecule has 0 aliphatic heterocycles. The highest BCUT2D eigenvalue weighted by atomic mass is 16.5. The van der Waals surface area contributed by atoms with Crippen LogP contribution in [0.2, 0.25) is 0 Å². The van der Waals surface area contributed by atoms with Gasteiger partial charge in [0.15, 0.2) is 0 Å². The van der Waals surface area contributed by atoms with Crippen LogP contribution in [0.5, 0.6) is 5.75 Å². The van der Waals surface area contributed by atoms with E-state index in [-0.39, 0.29) is 17.8 Å². The molecule has 0 saturated carbocycles.